The van der Waals surface area contributed by atoms with Gasteiger partial charge >= 0.3 is 5.97 Å². The van der Waals surface area contributed by atoms with Crippen molar-refractivity contribution in [3.05, 3.63) is 54.1 Å². The Labute approximate surface area is 153 Å². The molecule has 1 N–H and O–H groups in total. The first-order valence-electron chi connectivity index (χ1n) is 8.51. The molecule has 0 aliphatic carbocycles. The Kier molecular flexibility index (Phi) is 7.49. The Morgan fingerprint density at radius 1 is 1.12 bits per heavy atom. The van der Waals surface area contributed by atoms with Gasteiger partial charge in [0.25, 0.3) is 0 Å². The standard InChI is InChI=1S/C20H24N2O4/c1-4-24-19-12-16(13-21-22-17-8-6-5-7-9-17)10-11-18(19)25-14-20(23)26-15(2)3/h5-13,15,22H,4,14H2,1-3H3. The first kappa shape index (κ1) is 19.3. The molecule has 0 aliphatic rings. The summed E-state index contributed by atoms with van der Waals surface area (Å²) in [6.45, 7) is 5.79. The van der Waals surface area contributed by atoms with Gasteiger partial charge in [0, 0.05) is 0 Å². The molecule has 0 unspecified atom stereocenters. The van der Waals surface area contributed by atoms with Crippen molar-refractivity contribution in [3.8, 4) is 11.5 Å². The van der Waals surface area contributed by atoms with Crippen LogP contribution in [-0.2, 0) is 9.53 Å². The summed E-state index contributed by atoms with van der Waals surface area (Å²) in [5, 5.41) is 4.20. The number of nitrogens with one attached hydrogen (secondary N) is 1. The maximum Gasteiger partial charge on any atom is 0.344 e. The molecule has 2 aromatic rings. The number of hydrogen-bond donors (Lipinski definition) is 1. The van der Waals surface area contributed by atoms with Gasteiger partial charge in [0.1, 0.15) is 0 Å². The molecule has 0 aromatic heterocycles. The Hall–Kier alpha value is -3.02. The van der Waals surface area contributed by atoms with Crippen molar-refractivity contribution < 1.29 is 19.0 Å². The number of para-hydroxylation sites is 1. The van der Waals surface area contributed by atoms with Crippen molar-refractivity contribution in [1.82, 2.24) is 0 Å². The molecule has 0 saturated heterocycles. The molecule has 0 heterocycles. The second kappa shape index (κ2) is 10.1. The fourth-order valence-corrected chi connectivity index (χ4v) is 2.12. The normalized spacial score (nSPS) is 10.8. The van der Waals surface area contributed by atoms with Crippen LogP contribution in [0.2, 0.25) is 0 Å². The molecule has 0 fully saturated rings. The van der Waals surface area contributed by atoms with Gasteiger partial charge in [-0.25, -0.2) is 4.79 Å². The average molecular weight is 356 g/mol. The molecule has 0 spiro atoms. The smallest absolute Gasteiger partial charge is 0.344 e. The molecule has 0 amide bonds. The van der Waals surface area contributed by atoms with Crippen LogP contribution in [0.3, 0.4) is 0 Å². The van der Waals surface area contributed by atoms with Gasteiger partial charge in [-0.2, -0.15) is 5.10 Å². The fourth-order valence-electron chi connectivity index (χ4n) is 2.12. The lowest BCUT2D eigenvalue weighted by Crippen LogP contribution is -2.19. The maximum absolute atomic E-state index is 11.6. The highest BCUT2D eigenvalue weighted by molar-refractivity contribution is 5.81. The SMILES string of the molecule is CCOc1cc(C=NNc2ccccc2)ccc1OCC(=O)OC(C)C. The molecule has 2 rings (SSSR count). The molecule has 2 aromatic carbocycles. The van der Waals surface area contributed by atoms with E-state index in [-0.39, 0.29) is 12.7 Å². The zero-order chi connectivity index (χ0) is 18.8. The van der Waals surface area contributed by atoms with Crippen molar-refractivity contribution in [2.45, 2.75) is 26.9 Å². The second-order valence-corrected chi connectivity index (χ2v) is 5.70. The van der Waals surface area contributed by atoms with Crippen LogP contribution in [0.4, 0.5) is 5.69 Å². The van der Waals surface area contributed by atoms with Crippen LogP contribution in [0.1, 0.15) is 26.3 Å². The van der Waals surface area contributed by atoms with Crippen molar-refractivity contribution in [2.75, 3.05) is 18.6 Å². The minimum absolute atomic E-state index is 0.165. The van der Waals surface area contributed by atoms with Gasteiger partial charge in [-0.3, -0.25) is 5.43 Å². The van der Waals surface area contributed by atoms with E-state index in [1.807, 2.05) is 49.4 Å². The number of esters is 1. The van der Waals surface area contributed by atoms with Crippen LogP contribution in [0.25, 0.3) is 0 Å². The number of carbonyl (C=O) groups excluding carboxylic acids is 1. The van der Waals surface area contributed by atoms with E-state index < -0.39 is 5.97 Å². The zero-order valence-electron chi connectivity index (χ0n) is 15.3. The van der Waals surface area contributed by atoms with Gasteiger partial charge in [-0.05, 0) is 56.7 Å². The number of nitrogens with zero attached hydrogens (tertiary/aromatic N) is 1. The third-order valence-corrected chi connectivity index (χ3v) is 3.16. The number of benzene rings is 2. The number of anilines is 1. The van der Waals surface area contributed by atoms with E-state index in [1.54, 1.807) is 26.1 Å². The lowest BCUT2D eigenvalue weighted by molar-refractivity contribution is -0.149. The highest BCUT2D eigenvalue weighted by atomic mass is 16.6. The number of carbonyl (C=O) groups is 1. The van der Waals surface area contributed by atoms with Crippen molar-refractivity contribution in [1.29, 1.82) is 0 Å². The number of hydrogen-bond acceptors (Lipinski definition) is 6. The Morgan fingerprint density at radius 3 is 2.58 bits per heavy atom. The van der Waals surface area contributed by atoms with E-state index in [0.717, 1.165) is 11.3 Å². The van der Waals surface area contributed by atoms with Gasteiger partial charge in [0.05, 0.1) is 24.6 Å². The molecule has 0 saturated carbocycles. The van der Waals surface area contributed by atoms with Crippen LogP contribution >= 0.6 is 0 Å². The van der Waals surface area contributed by atoms with Gasteiger partial charge in [0.15, 0.2) is 18.1 Å². The summed E-state index contributed by atoms with van der Waals surface area (Å²) in [6.07, 6.45) is 1.51. The third kappa shape index (κ3) is 6.47. The highest BCUT2D eigenvalue weighted by Crippen LogP contribution is 2.28. The summed E-state index contributed by atoms with van der Waals surface area (Å²) >= 11 is 0. The highest BCUT2D eigenvalue weighted by Gasteiger charge is 2.10. The summed E-state index contributed by atoms with van der Waals surface area (Å²) in [5.74, 6) is 0.620. The molecule has 6 nitrogen and oxygen atoms in total. The molecule has 0 atom stereocenters. The number of hydrazone groups is 1. The predicted molar refractivity (Wildman–Crippen MR) is 102 cm³/mol. The summed E-state index contributed by atoms with van der Waals surface area (Å²) in [5.41, 5.74) is 4.70. The number of rotatable bonds is 9. The first-order valence-corrected chi connectivity index (χ1v) is 8.51. The fraction of sp³-hybridized carbons (Fsp3) is 0.300. The molecular formula is C20H24N2O4. The second-order valence-electron chi connectivity index (χ2n) is 5.70. The molecule has 0 radical (unpaired) electrons. The van der Waals surface area contributed by atoms with E-state index in [0.29, 0.717) is 18.1 Å². The van der Waals surface area contributed by atoms with Crippen LogP contribution in [-0.4, -0.2) is 31.5 Å². The van der Waals surface area contributed by atoms with Crippen molar-refractivity contribution in [2.24, 2.45) is 5.10 Å². The van der Waals surface area contributed by atoms with Gasteiger partial charge in [-0.15, -0.1) is 0 Å². The molecular weight excluding hydrogens is 332 g/mol. The molecule has 6 heteroatoms. The lowest BCUT2D eigenvalue weighted by Gasteiger charge is -2.13. The molecule has 0 bridgehead atoms. The predicted octanol–water partition coefficient (Wildman–Crippen LogP) is 3.86. The minimum atomic E-state index is -0.417. The van der Waals surface area contributed by atoms with Crippen molar-refractivity contribution in [3.63, 3.8) is 0 Å². The monoisotopic (exact) mass is 356 g/mol. The molecule has 0 aliphatic heterocycles. The van der Waals surface area contributed by atoms with Gasteiger partial charge in [-0.1, -0.05) is 18.2 Å². The van der Waals surface area contributed by atoms with E-state index in [1.165, 1.54) is 0 Å². The maximum atomic E-state index is 11.6. The average Bonchev–Trinajstić information content (AvgIpc) is 2.61. The summed E-state index contributed by atoms with van der Waals surface area (Å²) in [4.78, 5) is 11.6. The largest absolute Gasteiger partial charge is 0.490 e. The van der Waals surface area contributed by atoms with Crippen LogP contribution in [0, 0.1) is 0 Å². The Balaban J connectivity index is 2.01. The molecule has 138 valence electrons. The summed E-state index contributed by atoms with van der Waals surface area (Å²) in [7, 11) is 0. The van der Waals surface area contributed by atoms with Crippen LogP contribution in [0.15, 0.2) is 53.6 Å². The van der Waals surface area contributed by atoms with E-state index in [9.17, 15) is 4.79 Å². The minimum Gasteiger partial charge on any atom is -0.490 e. The van der Waals surface area contributed by atoms with E-state index >= 15 is 0 Å². The third-order valence-electron chi connectivity index (χ3n) is 3.16. The number of ether oxygens (including phenoxy) is 3. The van der Waals surface area contributed by atoms with Crippen LogP contribution < -0.4 is 14.9 Å². The summed E-state index contributed by atoms with van der Waals surface area (Å²) in [6, 6.07) is 15.1. The van der Waals surface area contributed by atoms with E-state index in [4.69, 9.17) is 14.2 Å². The first-order chi connectivity index (χ1) is 12.6. The van der Waals surface area contributed by atoms with Crippen molar-refractivity contribution >= 4 is 17.9 Å². The molecule has 26 heavy (non-hydrogen) atoms. The Bertz CT molecular complexity index is 730. The summed E-state index contributed by atoms with van der Waals surface area (Å²) < 4.78 is 16.2. The van der Waals surface area contributed by atoms with Gasteiger partial charge in [0.2, 0.25) is 0 Å². The Morgan fingerprint density at radius 2 is 1.88 bits per heavy atom. The lowest BCUT2D eigenvalue weighted by atomic mass is 10.2. The zero-order valence-corrected chi connectivity index (χ0v) is 15.3. The quantitative estimate of drug-likeness (QED) is 0.420. The topological polar surface area (TPSA) is 69.1 Å². The van der Waals surface area contributed by atoms with Gasteiger partial charge < -0.3 is 14.2 Å². The van der Waals surface area contributed by atoms with E-state index in [2.05, 4.69) is 10.5 Å². The van der Waals surface area contributed by atoms with Crippen LogP contribution in [0.5, 0.6) is 11.5 Å².